The van der Waals surface area contributed by atoms with Gasteiger partial charge in [-0.3, -0.25) is 4.79 Å². The number of nitrogens with two attached hydrogens (primary N) is 1. The molecule has 0 saturated carbocycles. The van der Waals surface area contributed by atoms with Crippen LogP contribution < -0.4 is 11.1 Å². The van der Waals surface area contributed by atoms with Crippen LogP contribution in [-0.2, 0) is 23.3 Å². The van der Waals surface area contributed by atoms with E-state index in [0.29, 0.717) is 13.0 Å². The molecule has 33 heavy (non-hydrogen) atoms. The van der Waals surface area contributed by atoms with E-state index in [4.69, 9.17) is 5.73 Å². The summed E-state index contributed by atoms with van der Waals surface area (Å²) >= 11 is 0. The number of hydrogen-bond acceptors (Lipinski definition) is 6. The summed E-state index contributed by atoms with van der Waals surface area (Å²) in [4.78, 5) is 13.0. The van der Waals surface area contributed by atoms with Crippen LogP contribution in [0.4, 0.5) is 10.2 Å². The monoisotopic (exact) mass is 480 g/mol. The zero-order valence-electron chi connectivity index (χ0n) is 19.8. The van der Waals surface area contributed by atoms with Gasteiger partial charge in [-0.15, -0.1) is 0 Å². The summed E-state index contributed by atoms with van der Waals surface area (Å²) in [5.74, 6) is -1.44. The Morgan fingerprint density at radius 3 is 2.39 bits per heavy atom. The zero-order valence-corrected chi connectivity index (χ0v) is 20.6. The Morgan fingerprint density at radius 1 is 1.24 bits per heavy atom. The van der Waals surface area contributed by atoms with E-state index in [2.05, 4.69) is 10.4 Å². The third-order valence-corrected chi connectivity index (χ3v) is 7.64. The summed E-state index contributed by atoms with van der Waals surface area (Å²) < 4.78 is 44.1. The third-order valence-electron chi connectivity index (χ3n) is 5.73. The molecule has 3 rings (SSSR count). The number of aromatic nitrogens is 2. The molecule has 1 aliphatic heterocycles. The maximum Gasteiger partial charge on any atom is 0.281 e. The fourth-order valence-corrected chi connectivity index (χ4v) is 4.83. The van der Waals surface area contributed by atoms with Gasteiger partial charge in [0, 0.05) is 51.6 Å². The van der Waals surface area contributed by atoms with Crippen LogP contribution in [0.1, 0.15) is 54.7 Å². The van der Waals surface area contributed by atoms with E-state index in [0.717, 1.165) is 20.1 Å². The van der Waals surface area contributed by atoms with Gasteiger partial charge in [-0.2, -0.15) is 26.8 Å². The van der Waals surface area contributed by atoms with E-state index in [1.54, 1.807) is 20.8 Å². The minimum Gasteiger partial charge on any atom is -0.363 e. The molecule has 1 aromatic carbocycles. The molecule has 11 heteroatoms. The molecule has 0 radical (unpaired) electrons. The lowest BCUT2D eigenvalue weighted by atomic mass is 9.96. The van der Waals surface area contributed by atoms with Crippen LogP contribution in [-0.4, -0.2) is 59.9 Å². The summed E-state index contributed by atoms with van der Waals surface area (Å²) in [7, 11) is -0.686. The molecule has 0 amide bonds. The molecule has 2 heterocycles. The van der Waals surface area contributed by atoms with Crippen molar-refractivity contribution in [2.75, 3.05) is 32.5 Å². The fourth-order valence-electron chi connectivity index (χ4n) is 3.66. The average molecular weight is 481 g/mol. The highest BCUT2D eigenvalue weighted by Crippen LogP contribution is 2.34. The van der Waals surface area contributed by atoms with Crippen molar-refractivity contribution >= 4 is 21.9 Å². The lowest BCUT2D eigenvalue weighted by molar-refractivity contribution is 0.0750. The minimum atomic E-state index is -3.61. The molecule has 1 fully saturated rings. The Kier molecular flexibility index (Phi) is 7.27. The molecule has 3 N–H and O–H groups in total. The molecule has 9 nitrogen and oxygen atoms in total. The van der Waals surface area contributed by atoms with Gasteiger partial charge in [0.05, 0.1) is 0 Å². The SMILES string of the molecule is CN(C)S(=O)(=O)N1CCC(c2nn(C(=O)C(C)(C)C)c(NCc3ccc(CN)cc3)c2F)C1. The number of halogens is 1. The highest BCUT2D eigenvalue weighted by molar-refractivity contribution is 7.86. The number of rotatable bonds is 7. The topological polar surface area (TPSA) is 114 Å². The van der Waals surface area contributed by atoms with E-state index >= 15 is 4.39 Å². The van der Waals surface area contributed by atoms with Crippen LogP contribution in [0.2, 0.25) is 0 Å². The van der Waals surface area contributed by atoms with E-state index in [9.17, 15) is 13.2 Å². The van der Waals surface area contributed by atoms with Crippen molar-refractivity contribution < 1.29 is 17.6 Å². The highest BCUT2D eigenvalue weighted by atomic mass is 32.2. The largest absolute Gasteiger partial charge is 0.363 e. The van der Waals surface area contributed by atoms with Gasteiger partial charge in [0.25, 0.3) is 16.1 Å². The van der Waals surface area contributed by atoms with E-state index in [1.165, 1.54) is 18.4 Å². The first-order valence-corrected chi connectivity index (χ1v) is 12.3. The van der Waals surface area contributed by atoms with Crippen molar-refractivity contribution in [1.29, 1.82) is 0 Å². The average Bonchev–Trinajstić information content (AvgIpc) is 3.36. The molecule has 1 aliphatic rings. The smallest absolute Gasteiger partial charge is 0.281 e. The normalized spacial score (nSPS) is 17.6. The lowest BCUT2D eigenvalue weighted by Crippen LogP contribution is -2.38. The van der Waals surface area contributed by atoms with Crippen molar-refractivity contribution in [2.45, 2.75) is 46.2 Å². The molecule has 0 spiro atoms. The van der Waals surface area contributed by atoms with Crippen molar-refractivity contribution in [3.8, 4) is 0 Å². The first-order valence-electron chi connectivity index (χ1n) is 10.9. The van der Waals surface area contributed by atoms with Crippen LogP contribution in [0.25, 0.3) is 0 Å². The van der Waals surface area contributed by atoms with E-state index < -0.39 is 27.4 Å². The van der Waals surface area contributed by atoms with Crippen LogP contribution in [0, 0.1) is 11.2 Å². The van der Waals surface area contributed by atoms with Crippen LogP contribution in [0.3, 0.4) is 0 Å². The summed E-state index contributed by atoms with van der Waals surface area (Å²) in [5.41, 5.74) is 6.83. The van der Waals surface area contributed by atoms with Crippen molar-refractivity contribution in [3.05, 3.63) is 46.9 Å². The molecule has 0 bridgehead atoms. The molecule has 182 valence electrons. The van der Waals surface area contributed by atoms with Crippen molar-refractivity contribution in [2.24, 2.45) is 11.1 Å². The second kappa shape index (κ2) is 9.49. The maximum absolute atomic E-state index is 15.6. The van der Waals surface area contributed by atoms with Gasteiger partial charge in [0.1, 0.15) is 5.69 Å². The molecule has 1 saturated heterocycles. The van der Waals surface area contributed by atoms with Crippen LogP contribution in [0.15, 0.2) is 24.3 Å². The number of carbonyl (C=O) groups is 1. The number of benzene rings is 1. The number of carbonyl (C=O) groups excluding carboxylic acids is 1. The van der Waals surface area contributed by atoms with Crippen LogP contribution in [0.5, 0.6) is 0 Å². The van der Waals surface area contributed by atoms with Gasteiger partial charge in [-0.05, 0) is 17.5 Å². The number of hydrogen-bond donors (Lipinski definition) is 2. The number of nitrogens with one attached hydrogen (secondary N) is 1. The second-order valence-electron chi connectivity index (χ2n) is 9.52. The highest BCUT2D eigenvalue weighted by Gasteiger charge is 2.38. The predicted molar refractivity (Wildman–Crippen MR) is 125 cm³/mol. The summed E-state index contributed by atoms with van der Waals surface area (Å²) in [5, 5.41) is 7.36. The summed E-state index contributed by atoms with van der Waals surface area (Å²) in [6.45, 7) is 6.32. The fraction of sp³-hybridized carbons (Fsp3) is 0.545. The number of nitrogens with zero attached hydrogens (tertiary/aromatic N) is 4. The Labute approximate surface area is 194 Å². The molecular weight excluding hydrogens is 447 g/mol. The van der Waals surface area contributed by atoms with Crippen LogP contribution >= 0.6 is 0 Å². The Hall–Kier alpha value is -2.34. The Bertz CT molecular complexity index is 1110. The molecule has 1 unspecified atom stereocenters. The first kappa shape index (κ1) is 25.3. The molecule has 0 aliphatic carbocycles. The van der Waals surface area contributed by atoms with E-state index in [-0.39, 0.29) is 37.1 Å². The maximum atomic E-state index is 15.6. The van der Waals surface area contributed by atoms with Gasteiger partial charge < -0.3 is 11.1 Å². The second-order valence-corrected chi connectivity index (χ2v) is 11.7. The quantitative estimate of drug-likeness (QED) is 0.629. The van der Waals surface area contributed by atoms with Gasteiger partial charge in [0.2, 0.25) is 0 Å². The molecule has 1 atom stereocenters. The first-order chi connectivity index (χ1) is 15.4. The standard InChI is InChI=1S/C22H33FN6O3S/c1-22(2,3)21(30)29-20(25-13-16-8-6-15(12-24)7-9-16)18(23)19(26-29)17-10-11-28(14-17)33(31,32)27(4)5/h6-9,17,25H,10-14,24H2,1-5H3. The minimum absolute atomic E-state index is 0.0123. The van der Waals surface area contributed by atoms with Crippen molar-refractivity contribution in [3.63, 3.8) is 0 Å². The summed E-state index contributed by atoms with van der Waals surface area (Å²) in [6.07, 6.45) is 0.421. The Morgan fingerprint density at radius 2 is 1.85 bits per heavy atom. The predicted octanol–water partition coefficient (Wildman–Crippen LogP) is 2.38. The molecule has 2 aromatic rings. The van der Waals surface area contributed by atoms with Gasteiger partial charge >= 0.3 is 0 Å². The molecule has 1 aromatic heterocycles. The van der Waals surface area contributed by atoms with Gasteiger partial charge in [0.15, 0.2) is 11.6 Å². The third kappa shape index (κ3) is 5.26. The lowest BCUT2D eigenvalue weighted by Gasteiger charge is -2.20. The van der Waals surface area contributed by atoms with Gasteiger partial charge in [-0.25, -0.2) is 4.39 Å². The Balaban J connectivity index is 1.91. The van der Waals surface area contributed by atoms with E-state index in [1.807, 2.05) is 24.3 Å². The zero-order chi connectivity index (χ0) is 24.6. The van der Waals surface area contributed by atoms with Crippen molar-refractivity contribution in [1.82, 2.24) is 18.4 Å². The van der Waals surface area contributed by atoms with Gasteiger partial charge in [-0.1, -0.05) is 45.0 Å². The summed E-state index contributed by atoms with van der Waals surface area (Å²) in [6, 6.07) is 7.58. The molecular formula is C22H33FN6O3S. The number of anilines is 1.